The fraction of sp³-hybridized carbons (Fsp3) is 0.571. The van der Waals surface area contributed by atoms with E-state index in [0.29, 0.717) is 5.92 Å². The average molecular weight is 255 g/mol. The van der Waals surface area contributed by atoms with Crippen molar-refractivity contribution >= 4 is 23.0 Å². The molecule has 3 heteroatoms. The van der Waals surface area contributed by atoms with Crippen LogP contribution in [0.1, 0.15) is 26.7 Å². The van der Waals surface area contributed by atoms with E-state index in [0.717, 1.165) is 22.9 Å². The van der Waals surface area contributed by atoms with Crippen molar-refractivity contribution in [2.45, 2.75) is 26.7 Å². The van der Waals surface area contributed by atoms with Crippen molar-refractivity contribution in [2.75, 3.05) is 30.9 Å². The molecule has 0 fully saturated rings. The van der Waals surface area contributed by atoms with Crippen molar-refractivity contribution in [1.82, 2.24) is 0 Å². The van der Waals surface area contributed by atoms with Gasteiger partial charge in [-0.05, 0) is 30.5 Å². The van der Waals surface area contributed by atoms with Crippen LogP contribution in [0.15, 0.2) is 18.2 Å². The third-order valence-electron chi connectivity index (χ3n) is 2.87. The molecule has 0 aliphatic rings. The summed E-state index contributed by atoms with van der Waals surface area (Å²) in [7, 11) is 4.00. The maximum Gasteiger partial charge on any atom is 0.0659 e. The Morgan fingerprint density at radius 3 is 2.59 bits per heavy atom. The van der Waals surface area contributed by atoms with Gasteiger partial charge in [0.15, 0.2) is 0 Å². The molecular weight excluding hydrogens is 232 g/mol. The van der Waals surface area contributed by atoms with Crippen LogP contribution >= 0.6 is 11.6 Å². The highest BCUT2D eigenvalue weighted by Gasteiger charge is 2.05. The van der Waals surface area contributed by atoms with E-state index in [1.807, 2.05) is 25.1 Å². The summed E-state index contributed by atoms with van der Waals surface area (Å²) in [6.45, 7) is 5.50. The lowest BCUT2D eigenvalue weighted by Gasteiger charge is -2.17. The molecule has 0 saturated carbocycles. The fourth-order valence-corrected chi connectivity index (χ4v) is 2.22. The molecule has 1 rings (SSSR count). The van der Waals surface area contributed by atoms with Gasteiger partial charge in [0.05, 0.1) is 10.7 Å². The number of nitrogens with zero attached hydrogens (tertiary/aromatic N) is 1. The van der Waals surface area contributed by atoms with Crippen molar-refractivity contribution in [2.24, 2.45) is 5.92 Å². The molecule has 0 saturated heterocycles. The zero-order valence-electron chi connectivity index (χ0n) is 11.3. The summed E-state index contributed by atoms with van der Waals surface area (Å²) in [5, 5.41) is 4.23. The highest BCUT2D eigenvalue weighted by atomic mass is 35.5. The Morgan fingerprint density at radius 1 is 1.35 bits per heavy atom. The monoisotopic (exact) mass is 254 g/mol. The number of anilines is 2. The fourth-order valence-electron chi connectivity index (χ4n) is 1.87. The minimum atomic E-state index is 0.701. The average Bonchev–Trinajstić information content (AvgIpc) is 2.26. The van der Waals surface area contributed by atoms with Crippen molar-refractivity contribution in [1.29, 1.82) is 0 Å². The quantitative estimate of drug-likeness (QED) is 0.816. The maximum absolute atomic E-state index is 6.22. The van der Waals surface area contributed by atoms with Gasteiger partial charge < -0.3 is 10.2 Å². The molecule has 0 aliphatic heterocycles. The van der Waals surface area contributed by atoms with Crippen LogP contribution in [0.2, 0.25) is 5.02 Å². The number of rotatable bonds is 6. The van der Waals surface area contributed by atoms with Crippen LogP contribution in [0.5, 0.6) is 0 Å². The Hall–Kier alpha value is -0.890. The zero-order valence-corrected chi connectivity index (χ0v) is 12.0. The van der Waals surface area contributed by atoms with Crippen LogP contribution in [-0.2, 0) is 0 Å². The molecule has 96 valence electrons. The van der Waals surface area contributed by atoms with Gasteiger partial charge in [0.2, 0.25) is 0 Å². The van der Waals surface area contributed by atoms with Crippen molar-refractivity contribution < 1.29 is 0 Å². The topological polar surface area (TPSA) is 15.3 Å². The minimum Gasteiger partial charge on any atom is -0.385 e. The lowest BCUT2D eigenvalue weighted by molar-refractivity contribution is 0.551. The van der Waals surface area contributed by atoms with Gasteiger partial charge in [0, 0.05) is 26.3 Å². The predicted molar refractivity (Wildman–Crippen MR) is 78.3 cm³/mol. The highest BCUT2D eigenvalue weighted by molar-refractivity contribution is 6.33. The number of benzene rings is 1. The van der Waals surface area contributed by atoms with E-state index in [9.17, 15) is 0 Å². The second-order valence-electron chi connectivity index (χ2n) is 4.84. The molecule has 0 bridgehead atoms. The normalized spacial score (nSPS) is 12.3. The van der Waals surface area contributed by atoms with Crippen molar-refractivity contribution in [3.63, 3.8) is 0 Å². The zero-order chi connectivity index (χ0) is 12.8. The van der Waals surface area contributed by atoms with Gasteiger partial charge in [-0.25, -0.2) is 0 Å². The van der Waals surface area contributed by atoms with Gasteiger partial charge in [-0.15, -0.1) is 0 Å². The first-order valence-electron chi connectivity index (χ1n) is 6.25. The summed E-state index contributed by atoms with van der Waals surface area (Å²) in [5.74, 6) is 0.701. The highest BCUT2D eigenvalue weighted by Crippen LogP contribution is 2.27. The first kappa shape index (κ1) is 14.2. The van der Waals surface area contributed by atoms with Gasteiger partial charge >= 0.3 is 0 Å². The standard InChI is InChI=1S/C14H23ClN2/c1-5-6-11(2)10-16-12-7-8-14(17(3)4)13(15)9-12/h7-9,11,16H,5-6,10H2,1-4H3. The number of hydrogen-bond donors (Lipinski definition) is 1. The minimum absolute atomic E-state index is 0.701. The second-order valence-corrected chi connectivity index (χ2v) is 5.24. The van der Waals surface area contributed by atoms with Gasteiger partial charge in [-0.2, -0.15) is 0 Å². The Balaban J connectivity index is 2.58. The van der Waals surface area contributed by atoms with Gasteiger partial charge in [0.1, 0.15) is 0 Å². The summed E-state index contributed by atoms with van der Waals surface area (Å²) in [5.41, 5.74) is 2.15. The molecule has 0 spiro atoms. The SMILES string of the molecule is CCCC(C)CNc1ccc(N(C)C)c(Cl)c1. The summed E-state index contributed by atoms with van der Waals surface area (Å²) < 4.78 is 0. The number of nitrogens with one attached hydrogen (secondary N) is 1. The largest absolute Gasteiger partial charge is 0.385 e. The molecule has 0 heterocycles. The Labute approximate surface area is 110 Å². The van der Waals surface area contributed by atoms with Crippen LogP contribution in [0.3, 0.4) is 0 Å². The number of hydrogen-bond acceptors (Lipinski definition) is 2. The smallest absolute Gasteiger partial charge is 0.0659 e. The molecule has 0 aromatic heterocycles. The molecule has 1 atom stereocenters. The second kappa shape index (κ2) is 6.75. The van der Waals surface area contributed by atoms with E-state index in [-0.39, 0.29) is 0 Å². The van der Waals surface area contributed by atoms with Crippen LogP contribution in [0.25, 0.3) is 0 Å². The molecule has 0 amide bonds. The van der Waals surface area contributed by atoms with Crippen molar-refractivity contribution in [3.05, 3.63) is 23.2 Å². The molecule has 2 nitrogen and oxygen atoms in total. The Kier molecular flexibility index (Phi) is 5.63. The lowest BCUT2D eigenvalue weighted by atomic mass is 10.1. The summed E-state index contributed by atoms with van der Waals surface area (Å²) in [6.07, 6.45) is 2.50. The molecule has 1 N–H and O–H groups in total. The first-order valence-corrected chi connectivity index (χ1v) is 6.63. The van der Waals surface area contributed by atoms with Crippen LogP contribution in [0, 0.1) is 5.92 Å². The van der Waals surface area contributed by atoms with Crippen LogP contribution in [0.4, 0.5) is 11.4 Å². The summed E-state index contributed by atoms with van der Waals surface area (Å²) >= 11 is 6.22. The Bertz CT molecular complexity index is 350. The molecule has 0 aliphatic carbocycles. The van der Waals surface area contributed by atoms with Gasteiger partial charge in [-0.1, -0.05) is 31.9 Å². The first-order chi connectivity index (χ1) is 8.04. The summed E-state index contributed by atoms with van der Waals surface area (Å²) in [6, 6.07) is 6.13. The number of halogens is 1. The van der Waals surface area contributed by atoms with E-state index >= 15 is 0 Å². The Morgan fingerprint density at radius 2 is 2.06 bits per heavy atom. The van der Waals surface area contributed by atoms with E-state index in [1.165, 1.54) is 12.8 Å². The summed E-state index contributed by atoms with van der Waals surface area (Å²) in [4.78, 5) is 2.02. The third kappa shape index (κ3) is 4.47. The molecular formula is C14H23ClN2. The molecule has 1 unspecified atom stereocenters. The molecule has 1 aromatic rings. The van der Waals surface area contributed by atoms with E-state index in [4.69, 9.17) is 11.6 Å². The van der Waals surface area contributed by atoms with Gasteiger partial charge in [0.25, 0.3) is 0 Å². The predicted octanol–water partition coefficient (Wildman–Crippen LogP) is 4.25. The van der Waals surface area contributed by atoms with E-state index < -0.39 is 0 Å². The lowest BCUT2D eigenvalue weighted by Crippen LogP contribution is -2.12. The van der Waals surface area contributed by atoms with E-state index in [1.54, 1.807) is 0 Å². The molecule has 0 radical (unpaired) electrons. The van der Waals surface area contributed by atoms with Crippen LogP contribution in [-0.4, -0.2) is 20.6 Å². The van der Waals surface area contributed by atoms with E-state index in [2.05, 4.69) is 31.3 Å². The third-order valence-corrected chi connectivity index (χ3v) is 3.17. The molecule has 1 aromatic carbocycles. The molecule has 17 heavy (non-hydrogen) atoms. The van der Waals surface area contributed by atoms with Crippen LogP contribution < -0.4 is 10.2 Å². The maximum atomic E-state index is 6.22. The van der Waals surface area contributed by atoms with Crippen molar-refractivity contribution in [3.8, 4) is 0 Å². The van der Waals surface area contributed by atoms with Gasteiger partial charge in [-0.3, -0.25) is 0 Å².